The number of piperidine rings is 1. The maximum atomic E-state index is 12.7. The third-order valence-electron chi connectivity index (χ3n) is 1.89. The van der Waals surface area contributed by atoms with E-state index in [9.17, 15) is 8.78 Å². The molecule has 0 bridgehead atoms. The molecule has 1 rings (SSSR count). The molecule has 0 unspecified atom stereocenters. The van der Waals surface area contributed by atoms with Crippen molar-refractivity contribution < 1.29 is 13.9 Å². The molecule has 0 saturated carbocycles. The monoisotopic (exact) mass is 165 g/mol. The second-order valence-electron chi connectivity index (χ2n) is 2.96. The third-order valence-corrected chi connectivity index (χ3v) is 1.89. The molecule has 0 aromatic rings. The average molecular weight is 165 g/mol. The summed E-state index contributed by atoms with van der Waals surface area (Å²) in [5.41, 5.74) is 0. The molecule has 0 spiro atoms. The van der Waals surface area contributed by atoms with Crippen molar-refractivity contribution in [1.82, 2.24) is 4.90 Å². The normalized spacial score (nSPS) is 25.4. The number of hydrogen-bond acceptors (Lipinski definition) is 2. The summed E-state index contributed by atoms with van der Waals surface area (Å²) in [5.74, 6) is -2.53. The highest BCUT2D eigenvalue weighted by Gasteiger charge is 2.34. The number of aliphatic hydroxyl groups is 1. The highest BCUT2D eigenvalue weighted by atomic mass is 19.3. The number of likely N-dealkylation sites (tertiary alicyclic amines) is 1. The van der Waals surface area contributed by atoms with E-state index in [0.717, 1.165) is 0 Å². The summed E-state index contributed by atoms with van der Waals surface area (Å²) >= 11 is 0. The summed E-state index contributed by atoms with van der Waals surface area (Å²) in [5, 5.41) is 8.50. The molecule has 1 fully saturated rings. The smallest absolute Gasteiger partial charge is 0.260 e. The van der Waals surface area contributed by atoms with Gasteiger partial charge in [0.2, 0.25) is 0 Å². The van der Waals surface area contributed by atoms with Crippen molar-refractivity contribution >= 4 is 0 Å². The molecular formula is C7H13F2NO. The zero-order valence-corrected chi connectivity index (χ0v) is 6.39. The fourth-order valence-electron chi connectivity index (χ4n) is 1.38. The van der Waals surface area contributed by atoms with Gasteiger partial charge in [0, 0.05) is 13.0 Å². The minimum atomic E-state index is -2.53. The van der Waals surface area contributed by atoms with Gasteiger partial charge in [-0.3, -0.25) is 4.90 Å². The number of nitrogens with zero attached hydrogens (tertiary/aromatic N) is 1. The maximum absolute atomic E-state index is 12.7. The van der Waals surface area contributed by atoms with Crippen molar-refractivity contribution in [3.05, 3.63) is 0 Å². The lowest BCUT2D eigenvalue weighted by Gasteiger charge is -2.31. The molecular weight excluding hydrogens is 152 g/mol. The van der Waals surface area contributed by atoms with E-state index >= 15 is 0 Å². The van der Waals surface area contributed by atoms with E-state index in [-0.39, 0.29) is 19.6 Å². The van der Waals surface area contributed by atoms with Gasteiger partial charge in [-0.1, -0.05) is 0 Å². The predicted octanol–water partition coefficient (Wildman–Crippen LogP) is 0.710. The van der Waals surface area contributed by atoms with E-state index in [1.54, 1.807) is 4.90 Å². The minimum absolute atomic E-state index is 0.00503. The Hall–Kier alpha value is -0.220. The van der Waals surface area contributed by atoms with Crippen molar-refractivity contribution in [1.29, 1.82) is 0 Å². The van der Waals surface area contributed by atoms with Crippen molar-refractivity contribution in [3.63, 3.8) is 0 Å². The van der Waals surface area contributed by atoms with Gasteiger partial charge in [0.25, 0.3) is 5.92 Å². The summed E-state index contributed by atoms with van der Waals surface area (Å²) in [6.07, 6.45) is 0.530. The number of aliphatic hydroxyl groups excluding tert-OH is 1. The van der Waals surface area contributed by atoms with Crippen LogP contribution in [0.1, 0.15) is 12.8 Å². The first kappa shape index (κ1) is 8.87. The quantitative estimate of drug-likeness (QED) is 0.651. The van der Waals surface area contributed by atoms with Gasteiger partial charge in [-0.15, -0.1) is 0 Å². The van der Waals surface area contributed by atoms with Crippen LogP contribution in [0.25, 0.3) is 0 Å². The number of halogens is 2. The molecule has 0 atom stereocenters. The van der Waals surface area contributed by atoms with Crippen molar-refractivity contribution in [2.24, 2.45) is 0 Å². The van der Waals surface area contributed by atoms with Gasteiger partial charge in [0.1, 0.15) is 0 Å². The molecule has 11 heavy (non-hydrogen) atoms. The first-order valence-electron chi connectivity index (χ1n) is 3.85. The van der Waals surface area contributed by atoms with Crippen LogP contribution in [0.4, 0.5) is 8.78 Å². The minimum Gasteiger partial charge on any atom is -0.395 e. The Bertz CT molecular complexity index is 128. The molecule has 66 valence electrons. The molecule has 2 nitrogen and oxygen atoms in total. The fourth-order valence-corrected chi connectivity index (χ4v) is 1.38. The Morgan fingerprint density at radius 2 is 2.18 bits per heavy atom. The predicted molar refractivity (Wildman–Crippen MR) is 37.7 cm³/mol. The molecule has 0 aromatic heterocycles. The molecule has 1 N–H and O–H groups in total. The van der Waals surface area contributed by atoms with E-state index in [0.29, 0.717) is 19.5 Å². The molecule has 1 heterocycles. The van der Waals surface area contributed by atoms with Crippen molar-refractivity contribution in [2.75, 3.05) is 26.2 Å². The van der Waals surface area contributed by atoms with E-state index in [1.165, 1.54) is 0 Å². The lowest BCUT2D eigenvalue weighted by Crippen LogP contribution is -2.43. The Morgan fingerprint density at radius 3 is 2.73 bits per heavy atom. The largest absolute Gasteiger partial charge is 0.395 e. The number of β-amino-alcohol motifs (C(OH)–C–C–N with tert-alkyl or cyclic N) is 1. The highest BCUT2D eigenvalue weighted by molar-refractivity contribution is 4.78. The van der Waals surface area contributed by atoms with Gasteiger partial charge in [-0.25, -0.2) is 8.78 Å². The Morgan fingerprint density at radius 1 is 1.45 bits per heavy atom. The molecule has 1 aliphatic rings. The van der Waals surface area contributed by atoms with Gasteiger partial charge in [0.15, 0.2) is 0 Å². The summed E-state index contributed by atoms with van der Waals surface area (Å²) < 4.78 is 25.3. The van der Waals surface area contributed by atoms with Crippen molar-refractivity contribution in [3.8, 4) is 0 Å². The van der Waals surface area contributed by atoms with E-state index in [4.69, 9.17) is 5.11 Å². The Labute approximate surface area is 64.8 Å². The summed E-state index contributed by atoms with van der Waals surface area (Å²) in [7, 11) is 0. The van der Waals surface area contributed by atoms with Gasteiger partial charge in [-0.2, -0.15) is 0 Å². The lowest BCUT2D eigenvalue weighted by atomic mass is 10.1. The van der Waals surface area contributed by atoms with Gasteiger partial charge >= 0.3 is 0 Å². The topological polar surface area (TPSA) is 23.5 Å². The second kappa shape index (κ2) is 3.45. The first-order valence-corrected chi connectivity index (χ1v) is 3.85. The number of rotatable bonds is 2. The first-order chi connectivity index (χ1) is 5.14. The van der Waals surface area contributed by atoms with Crippen LogP contribution in [0.5, 0.6) is 0 Å². The van der Waals surface area contributed by atoms with Gasteiger partial charge in [0.05, 0.1) is 13.2 Å². The SMILES string of the molecule is OCCN1CCCC(F)(F)C1. The van der Waals surface area contributed by atoms with E-state index < -0.39 is 5.92 Å². The lowest BCUT2D eigenvalue weighted by molar-refractivity contribution is -0.0662. The number of alkyl halides is 2. The fraction of sp³-hybridized carbons (Fsp3) is 1.00. The van der Waals surface area contributed by atoms with Crippen LogP contribution >= 0.6 is 0 Å². The summed E-state index contributed by atoms with van der Waals surface area (Å²) in [6, 6.07) is 0. The summed E-state index contributed by atoms with van der Waals surface area (Å²) in [6.45, 7) is 0.843. The molecule has 1 aliphatic heterocycles. The van der Waals surface area contributed by atoms with Crippen LogP contribution < -0.4 is 0 Å². The molecule has 0 radical (unpaired) electrons. The molecule has 0 aromatic carbocycles. The van der Waals surface area contributed by atoms with Crippen LogP contribution in [-0.4, -0.2) is 42.2 Å². The molecule has 4 heteroatoms. The summed E-state index contributed by atoms with van der Waals surface area (Å²) in [4.78, 5) is 1.60. The Balaban J connectivity index is 2.34. The highest BCUT2D eigenvalue weighted by Crippen LogP contribution is 2.25. The molecule has 0 aliphatic carbocycles. The molecule has 0 amide bonds. The maximum Gasteiger partial charge on any atom is 0.260 e. The standard InChI is InChI=1S/C7H13F2NO/c8-7(9)2-1-3-10(6-7)4-5-11/h11H,1-6H2. The van der Waals surface area contributed by atoms with E-state index in [2.05, 4.69) is 0 Å². The second-order valence-corrected chi connectivity index (χ2v) is 2.96. The van der Waals surface area contributed by atoms with Crippen LogP contribution in [0.3, 0.4) is 0 Å². The van der Waals surface area contributed by atoms with E-state index in [1.807, 2.05) is 0 Å². The van der Waals surface area contributed by atoms with Crippen molar-refractivity contribution in [2.45, 2.75) is 18.8 Å². The third kappa shape index (κ3) is 2.71. The van der Waals surface area contributed by atoms with Gasteiger partial charge < -0.3 is 5.11 Å². The van der Waals surface area contributed by atoms with Crippen LogP contribution in [-0.2, 0) is 0 Å². The zero-order chi connectivity index (χ0) is 8.32. The average Bonchev–Trinajstić information content (AvgIpc) is 1.85. The molecule has 1 saturated heterocycles. The zero-order valence-electron chi connectivity index (χ0n) is 6.39. The van der Waals surface area contributed by atoms with Crippen LogP contribution in [0.15, 0.2) is 0 Å². The van der Waals surface area contributed by atoms with Crippen LogP contribution in [0, 0.1) is 0 Å². The van der Waals surface area contributed by atoms with Crippen LogP contribution in [0.2, 0.25) is 0 Å². The van der Waals surface area contributed by atoms with Gasteiger partial charge in [-0.05, 0) is 13.0 Å². The Kier molecular flexibility index (Phi) is 2.78. The number of hydrogen-bond donors (Lipinski definition) is 1.